The van der Waals surface area contributed by atoms with E-state index in [0.29, 0.717) is 5.13 Å². The number of benzene rings is 1. The van der Waals surface area contributed by atoms with Crippen molar-refractivity contribution in [3.8, 4) is 17.3 Å². The van der Waals surface area contributed by atoms with Gasteiger partial charge >= 0.3 is 0 Å². The maximum atomic E-state index is 12.8. The van der Waals surface area contributed by atoms with Crippen molar-refractivity contribution in [1.29, 1.82) is 5.26 Å². The smallest absolute Gasteiger partial charge is 0.268 e. The summed E-state index contributed by atoms with van der Waals surface area (Å²) in [7, 11) is 0. The molecule has 1 atom stereocenters. The maximum absolute atomic E-state index is 12.8. The van der Waals surface area contributed by atoms with Crippen molar-refractivity contribution in [3.05, 3.63) is 63.8 Å². The molecule has 8 heteroatoms. The lowest BCUT2D eigenvalue weighted by Crippen LogP contribution is -2.23. The molecule has 0 radical (unpaired) electrons. The van der Waals surface area contributed by atoms with Gasteiger partial charge < -0.3 is 9.88 Å². The molecular weight excluding hydrogens is 446 g/mol. The summed E-state index contributed by atoms with van der Waals surface area (Å²) in [4.78, 5) is 28.5. The van der Waals surface area contributed by atoms with Crippen LogP contribution < -0.4 is 10.6 Å². The quantitative estimate of drug-likeness (QED) is 0.337. The molecule has 0 aliphatic carbocycles. The fourth-order valence-electron chi connectivity index (χ4n) is 3.80. The number of nitriles is 1. The van der Waals surface area contributed by atoms with Crippen molar-refractivity contribution in [2.75, 3.05) is 5.32 Å². The van der Waals surface area contributed by atoms with Crippen LogP contribution >= 0.6 is 11.3 Å². The Kier molecular flexibility index (Phi) is 8.03. The van der Waals surface area contributed by atoms with Gasteiger partial charge in [-0.15, -0.1) is 11.3 Å². The Morgan fingerprint density at radius 3 is 2.59 bits per heavy atom. The van der Waals surface area contributed by atoms with Crippen LogP contribution in [-0.2, 0) is 16.1 Å². The predicted molar refractivity (Wildman–Crippen MR) is 136 cm³/mol. The number of thiazole rings is 1. The standard InChI is InChI=1S/C26H29N5O2S/c1-6-11-31-16(2)12-22(18(31)4)13-23(14-27)25(33)30-26-29-24(15-34-26)21-9-7-20(8-10-21)17(3)28-19(5)32/h7-10,12-13,15,17H,6,11H2,1-5H3,(H,28,32)(H,29,30,33)/b23-13+. The SMILES string of the molecule is CCCn1c(C)cc(/C=C(\C#N)C(=O)Nc2nc(-c3ccc(C(C)NC(C)=O)cc3)cs2)c1C. The number of rotatable bonds is 8. The minimum atomic E-state index is -0.483. The number of nitrogens with zero attached hydrogens (tertiary/aromatic N) is 3. The first-order valence-corrected chi connectivity index (χ1v) is 12.0. The molecule has 0 aliphatic heterocycles. The van der Waals surface area contributed by atoms with Crippen molar-refractivity contribution in [1.82, 2.24) is 14.9 Å². The largest absolute Gasteiger partial charge is 0.350 e. The normalized spacial score (nSPS) is 12.2. The van der Waals surface area contributed by atoms with Crippen LogP contribution in [0.15, 0.2) is 41.3 Å². The van der Waals surface area contributed by atoms with E-state index in [0.717, 1.165) is 46.7 Å². The van der Waals surface area contributed by atoms with E-state index in [1.54, 1.807) is 6.08 Å². The Hall–Kier alpha value is -3.70. The second kappa shape index (κ2) is 10.9. The third-order valence-corrected chi connectivity index (χ3v) is 6.33. The van der Waals surface area contributed by atoms with Crippen LogP contribution in [0.3, 0.4) is 0 Å². The molecule has 3 rings (SSSR count). The number of hydrogen-bond donors (Lipinski definition) is 2. The minimum absolute atomic E-state index is 0.0322. The molecule has 0 saturated carbocycles. The molecule has 7 nitrogen and oxygen atoms in total. The number of carbonyl (C=O) groups is 2. The molecule has 0 saturated heterocycles. The maximum Gasteiger partial charge on any atom is 0.268 e. The summed E-state index contributed by atoms with van der Waals surface area (Å²) in [6, 6.07) is 11.7. The third kappa shape index (κ3) is 5.80. The van der Waals surface area contributed by atoms with Crippen LogP contribution in [0.2, 0.25) is 0 Å². The van der Waals surface area contributed by atoms with Crippen molar-refractivity contribution in [2.45, 2.75) is 53.6 Å². The van der Waals surface area contributed by atoms with Crippen LogP contribution in [0.25, 0.3) is 17.3 Å². The highest BCUT2D eigenvalue weighted by Crippen LogP contribution is 2.27. The number of anilines is 1. The van der Waals surface area contributed by atoms with E-state index in [-0.39, 0.29) is 17.5 Å². The van der Waals surface area contributed by atoms with Gasteiger partial charge in [0.25, 0.3) is 5.91 Å². The Labute approximate surface area is 204 Å². The highest BCUT2D eigenvalue weighted by Gasteiger charge is 2.15. The first-order valence-electron chi connectivity index (χ1n) is 11.2. The lowest BCUT2D eigenvalue weighted by atomic mass is 10.1. The summed E-state index contributed by atoms with van der Waals surface area (Å²) < 4.78 is 2.19. The fraction of sp³-hybridized carbons (Fsp3) is 0.308. The van der Waals surface area contributed by atoms with Crippen molar-refractivity contribution in [3.63, 3.8) is 0 Å². The summed E-state index contributed by atoms with van der Waals surface area (Å²) in [5, 5.41) is 17.5. The van der Waals surface area contributed by atoms with Gasteiger partial charge in [-0.1, -0.05) is 31.2 Å². The molecular formula is C26H29N5O2S. The van der Waals surface area contributed by atoms with Gasteiger partial charge in [-0.3, -0.25) is 14.9 Å². The second-order valence-corrected chi connectivity index (χ2v) is 9.04. The van der Waals surface area contributed by atoms with Gasteiger partial charge in [0.05, 0.1) is 11.7 Å². The average molecular weight is 476 g/mol. The molecule has 3 aromatic rings. The highest BCUT2D eigenvalue weighted by molar-refractivity contribution is 7.14. The molecule has 0 bridgehead atoms. The molecule has 0 aliphatic rings. The number of carbonyl (C=O) groups excluding carboxylic acids is 2. The summed E-state index contributed by atoms with van der Waals surface area (Å²) in [6.07, 6.45) is 2.64. The van der Waals surface area contributed by atoms with Crippen LogP contribution in [0.5, 0.6) is 0 Å². The monoisotopic (exact) mass is 475 g/mol. The van der Waals surface area contributed by atoms with Gasteiger partial charge in [0.2, 0.25) is 5.91 Å². The number of aryl methyl sites for hydroxylation is 1. The summed E-state index contributed by atoms with van der Waals surface area (Å²) >= 11 is 1.30. The van der Waals surface area contributed by atoms with Crippen molar-refractivity contribution in [2.24, 2.45) is 0 Å². The molecule has 176 valence electrons. The first-order chi connectivity index (χ1) is 16.2. The fourth-order valence-corrected chi connectivity index (χ4v) is 4.52. The topological polar surface area (TPSA) is 99.8 Å². The Balaban J connectivity index is 1.73. The van der Waals surface area contributed by atoms with E-state index in [4.69, 9.17) is 0 Å². The van der Waals surface area contributed by atoms with Crippen molar-refractivity contribution < 1.29 is 9.59 Å². The molecule has 2 amide bonds. The molecule has 2 heterocycles. The number of aromatic nitrogens is 2. The van der Waals surface area contributed by atoms with Gasteiger partial charge in [0, 0.05) is 35.8 Å². The summed E-state index contributed by atoms with van der Waals surface area (Å²) in [5.41, 5.74) is 5.65. The van der Waals surface area contributed by atoms with Crippen LogP contribution in [0, 0.1) is 25.2 Å². The van der Waals surface area contributed by atoms with E-state index < -0.39 is 5.91 Å². The molecule has 1 aromatic carbocycles. The second-order valence-electron chi connectivity index (χ2n) is 8.18. The lowest BCUT2D eigenvalue weighted by molar-refractivity contribution is -0.119. The van der Waals surface area contributed by atoms with Gasteiger partial charge in [0.1, 0.15) is 11.6 Å². The van der Waals surface area contributed by atoms with Gasteiger partial charge in [0.15, 0.2) is 5.13 Å². The van der Waals surface area contributed by atoms with Crippen LogP contribution in [0.1, 0.15) is 55.7 Å². The van der Waals surface area contributed by atoms with Gasteiger partial charge in [-0.2, -0.15) is 5.26 Å². The molecule has 34 heavy (non-hydrogen) atoms. The molecule has 1 unspecified atom stereocenters. The minimum Gasteiger partial charge on any atom is -0.350 e. The number of amides is 2. The molecule has 2 aromatic heterocycles. The zero-order valence-electron chi connectivity index (χ0n) is 20.1. The van der Waals surface area contributed by atoms with E-state index >= 15 is 0 Å². The van der Waals surface area contributed by atoms with E-state index in [9.17, 15) is 14.9 Å². The zero-order chi connectivity index (χ0) is 24.8. The van der Waals surface area contributed by atoms with E-state index in [2.05, 4.69) is 27.1 Å². The molecule has 2 N–H and O–H groups in total. The summed E-state index contributed by atoms with van der Waals surface area (Å²) in [5.74, 6) is -0.561. The Bertz CT molecular complexity index is 1260. The number of nitrogens with one attached hydrogen (secondary N) is 2. The van der Waals surface area contributed by atoms with Crippen LogP contribution in [-0.4, -0.2) is 21.4 Å². The number of hydrogen-bond acceptors (Lipinski definition) is 5. The first kappa shape index (κ1) is 24.9. The Morgan fingerprint density at radius 2 is 1.97 bits per heavy atom. The van der Waals surface area contributed by atoms with Gasteiger partial charge in [-0.05, 0) is 50.5 Å². The average Bonchev–Trinajstić information content (AvgIpc) is 3.37. The lowest BCUT2D eigenvalue weighted by Gasteiger charge is -2.12. The van der Waals surface area contributed by atoms with Gasteiger partial charge in [-0.25, -0.2) is 4.98 Å². The third-order valence-electron chi connectivity index (χ3n) is 5.58. The molecule has 0 spiro atoms. The summed E-state index contributed by atoms with van der Waals surface area (Å²) in [6.45, 7) is 10.5. The Morgan fingerprint density at radius 1 is 1.26 bits per heavy atom. The van der Waals surface area contributed by atoms with E-state index in [1.165, 1.54) is 18.3 Å². The van der Waals surface area contributed by atoms with E-state index in [1.807, 2.05) is 62.6 Å². The predicted octanol–water partition coefficient (Wildman–Crippen LogP) is 5.38. The van der Waals surface area contributed by atoms with Crippen molar-refractivity contribution >= 4 is 34.4 Å². The van der Waals surface area contributed by atoms with Crippen LogP contribution in [0.4, 0.5) is 5.13 Å². The molecule has 0 fully saturated rings. The highest BCUT2D eigenvalue weighted by atomic mass is 32.1. The zero-order valence-corrected chi connectivity index (χ0v) is 20.9.